The highest BCUT2D eigenvalue weighted by molar-refractivity contribution is 7.92. The summed E-state index contributed by atoms with van der Waals surface area (Å²) in [6, 6.07) is 12.9. The number of benzene rings is 2. The minimum atomic E-state index is -3.84. The van der Waals surface area contributed by atoms with Crippen molar-refractivity contribution in [3.8, 4) is 0 Å². The van der Waals surface area contributed by atoms with Gasteiger partial charge in [0.05, 0.1) is 30.1 Å². The van der Waals surface area contributed by atoms with Gasteiger partial charge in [-0.3, -0.25) is 13.9 Å². The van der Waals surface area contributed by atoms with Gasteiger partial charge in [0.25, 0.3) is 0 Å². The Morgan fingerprint density at radius 2 is 1.63 bits per heavy atom. The van der Waals surface area contributed by atoms with E-state index in [1.165, 1.54) is 28.6 Å². The first-order valence-corrected chi connectivity index (χ1v) is 15.6. The highest BCUT2D eigenvalue weighted by Crippen LogP contribution is 2.23. The molecule has 2 aliphatic heterocycles. The molecule has 13 heteroatoms. The van der Waals surface area contributed by atoms with Gasteiger partial charge < -0.3 is 15.0 Å². The minimum absolute atomic E-state index is 0.0362. The van der Waals surface area contributed by atoms with Crippen molar-refractivity contribution in [2.24, 2.45) is 0 Å². The second-order valence-corrected chi connectivity index (χ2v) is 13.1. The van der Waals surface area contributed by atoms with E-state index in [0.717, 1.165) is 28.1 Å². The average Bonchev–Trinajstić information content (AvgIpc) is 3.30. The summed E-state index contributed by atoms with van der Waals surface area (Å²) in [6.07, 6.45) is 2.36. The maximum atomic E-state index is 12.9. The number of ether oxygens (including phenoxy) is 1. The number of likely N-dealkylation sites (tertiary alicyclic amines) is 1. The van der Waals surface area contributed by atoms with Crippen LogP contribution in [-0.4, -0.2) is 83.5 Å². The van der Waals surface area contributed by atoms with E-state index >= 15 is 0 Å². The molecule has 0 unspecified atom stereocenters. The molecule has 2 fully saturated rings. The predicted molar refractivity (Wildman–Crippen MR) is 141 cm³/mol. The lowest BCUT2D eigenvalue weighted by atomic mass is 10.1. The second kappa shape index (κ2) is 11.8. The van der Waals surface area contributed by atoms with Crippen molar-refractivity contribution in [1.82, 2.24) is 14.5 Å². The van der Waals surface area contributed by atoms with Crippen molar-refractivity contribution in [3.63, 3.8) is 0 Å². The van der Waals surface area contributed by atoms with Gasteiger partial charge in [-0.25, -0.2) is 16.8 Å². The highest BCUT2D eigenvalue weighted by atomic mass is 32.2. The molecule has 2 heterocycles. The summed E-state index contributed by atoms with van der Waals surface area (Å²) < 4.78 is 58.2. The van der Waals surface area contributed by atoms with Crippen molar-refractivity contribution in [2.75, 3.05) is 50.0 Å². The highest BCUT2D eigenvalue weighted by Gasteiger charge is 2.27. The van der Waals surface area contributed by atoms with Crippen LogP contribution in [0.4, 0.5) is 5.69 Å². The molecule has 4 rings (SSSR count). The van der Waals surface area contributed by atoms with Gasteiger partial charge >= 0.3 is 0 Å². The average molecular weight is 565 g/mol. The summed E-state index contributed by atoms with van der Waals surface area (Å²) >= 11 is 0. The quantitative estimate of drug-likeness (QED) is 0.454. The van der Waals surface area contributed by atoms with E-state index in [2.05, 4.69) is 5.32 Å². The third-order valence-electron chi connectivity index (χ3n) is 6.55. The molecule has 0 aromatic heterocycles. The number of nitrogens with one attached hydrogen (secondary N) is 1. The lowest BCUT2D eigenvalue weighted by molar-refractivity contribution is -0.128. The smallest absolute Gasteiger partial charge is 0.243 e. The molecule has 2 amide bonds. The third-order valence-corrected chi connectivity index (χ3v) is 9.60. The number of hydrogen-bond donors (Lipinski definition) is 1. The molecule has 0 radical (unpaired) electrons. The SMILES string of the molecule is CS(=O)(=O)N(CC(=O)NCc1ccccc1CN1CCCC1=O)c1ccc(S(=O)(=O)N2CCOCC2)cc1. The van der Waals surface area contributed by atoms with E-state index in [9.17, 15) is 26.4 Å². The number of rotatable bonds is 10. The second-order valence-electron chi connectivity index (χ2n) is 9.24. The molecule has 38 heavy (non-hydrogen) atoms. The summed E-state index contributed by atoms with van der Waals surface area (Å²) in [5.41, 5.74) is 1.93. The summed E-state index contributed by atoms with van der Waals surface area (Å²) in [6.45, 7) is 1.99. The van der Waals surface area contributed by atoms with Gasteiger partial charge in [-0.1, -0.05) is 24.3 Å². The van der Waals surface area contributed by atoms with Gasteiger partial charge in [-0.2, -0.15) is 4.31 Å². The zero-order valence-electron chi connectivity index (χ0n) is 21.2. The molecule has 2 aromatic carbocycles. The lowest BCUT2D eigenvalue weighted by Crippen LogP contribution is -2.41. The van der Waals surface area contributed by atoms with E-state index in [0.29, 0.717) is 32.7 Å². The van der Waals surface area contributed by atoms with Crippen molar-refractivity contribution in [3.05, 3.63) is 59.7 Å². The summed E-state index contributed by atoms with van der Waals surface area (Å²) in [7, 11) is -7.58. The first-order valence-electron chi connectivity index (χ1n) is 12.3. The van der Waals surface area contributed by atoms with Crippen LogP contribution in [0.1, 0.15) is 24.0 Å². The molecule has 0 aliphatic carbocycles. The van der Waals surface area contributed by atoms with Gasteiger partial charge in [-0.15, -0.1) is 0 Å². The molecule has 1 N–H and O–H groups in total. The maximum Gasteiger partial charge on any atom is 0.243 e. The van der Waals surface area contributed by atoms with E-state index in [1.54, 1.807) is 4.90 Å². The van der Waals surface area contributed by atoms with Crippen LogP contribution in [-0.2, 0) is 47.5 Å². The zero-order valence-corrected chi connectivity index (χ0v) is 22.8. The fourth-order valence-electron chi connectivity index (χ4n) is 4.46. The molecular weight excluding hydrogens is 532 g/mol. The Bertz CT molecular complexity index is 1370. The fourth-order valence-corrected chi connectivity index (χ4v) is 6.73. The number of amides is 2. The molecule has 206 valence electrons. The van der Waals surface area contributed by atoms with Gasteiger partial charge in [0.1, 0.15) is 6.54 Å². The van der Waals surface area contributed by atoms with Gasteiger partial charge in [0.2, 0.25) is 31.9 Å². The van der Waals surface area contributed by atoms with Crippen LogP contribution in [0.5, 0.6) is 0 Å². The minimum Gasteiger partial charge on any atom is -0.379 e. The summed E-state index contributed by atoms with van der Waals surface area (Å²) in [4.78, 5) is 26.6. The molecule has 2 saturated heterocycles. The van der Waals surface area contributed by atoms with Crippen molar-refractivity contribution in [2.45, 2.75) is 30.8 Å². The Morgan fingerprint density at radius 3 is 2.24 bits per heavy atom. The van der Waals surface area contributed by atoms with Crippen LogP contribution in [0, 0.1) is 0 Å². The first kappa shape index (κ1) is 28.0. The normalized spacial score (nSPS) is 17.0. The number of carbonyl (C=O) groups is 2. The Labute approximate surface area is 223 Å². The van der Waals surface area contributed by atoms with Crippen molar-refractivity contribution < 1.29 is 31.2 Å². The Morgan fingerprint density at radius 1 is 0.974 bits per heavy atom. The van der Waals surface area contributed by atoms with E-state index in [1.807, 2.05) is 24.3 Å². The maximum absolute atomic E-state index is 12.9. The number of morpholine rings is 1. The summed E-state index contributed by atoms with van der Waals surface area (Å²) in [5, 5.41) is 2.76. The number of nitrogens with zero attached hydrogens (tertiary/aromatic N) is 3. The Hall–Kier alpha value is -3.00. The predicted octanol–water partition coefficient (Wildman–Crippen LogP) is 0.912. The Balaban J connectivity index is 1.43. The van der Waals surface area contributed by atoms with Crippen LogP contribution in [0.2, 0.25) is 0 Å². The van der Waals surface area contributed by atoms with Gasteiger partial charge in [0, 0.05) is 39.1 Å². The number of carbonyl (C=O) groups excluding carboxylic acids is 2. The van der Waals surface area contributed by atoms with Crippen LogP contribution in [0.15, 0.2) is 53.4 Å². The van der Waals surface area contributed by atoms with Crippen LogP contribution in [0.25, 0.3) is 0 Å². The van der Waals surface area contributed by atoms with Crippen molar-refractivity contribution in [1.29, 1.82) is 0 Å². The largest absolute Gasteiger partial charge is 0.379 e. The van der Waals surface area contributed by atoms with Gasteiger partial charge in [-0.05, 0) is 41.8 Å². The zero-order chi connectivity index (χ0) is 27.3. The molecule has 0 saturated carbocycles. The van der Waals surface area contributed by atoms with Crippen LogP contribution in [0.3, 0.4) is 0 Å². The van der Waals surface area contributed by atoms with Gasteiger partial charge in [0.15, 0.2) is 0 Å². The monoisotopic (exact) mass is 564 g/mol. The molecule has 2 aliphatic rings. The standard InChI is InChI=1S/C25H32N4O7S2/c1-37(32,33)29(22-8-10-23(11-9-22)38(34,35)28-13-15-36-16-14-28)19-24(30)26-17-20-5-2-3-6-21(20)18-27-12-4-7-25(27)31/h2-3,5-6,8-11H,4,7,12-19H2,1H3,(H,26,30). The number of hydrogen-bond acceptors (Lipinski definition) is 7. The number of sulfonamides is 2. The van der Waals surface area contributed by atoms with Crippen molar-refractivity contribution >= 4 is 37.5 Å². The topological polar surface area (TPSA) is 133 Å². The third kappa shape index (κ3) is 6.70. The lowest BCUT2D eigenvalue weighted by Gasteiger charge is -2.26. The molecule has 0 atom stereocenters. The first-order chi connectivity index (χ1) is 18.1. The molecule has 2 aromatic rings. The van der Waals surface area contributed by atoms with E-state index < -0.39 is 32.5 Å². The molecule has 11 nitrogen and oxygen atoms in total. The fraction of sp³-hybridized carbons (Fsp3) is 0.440. The molecular formula is C25H32N4O7S2. The number of anilines is 1. The summed E-state index contributed by atoms with van der Waals surface area (Å²) in [5.74, 6) is -0.413. The van der Waals surface area contributed by atoms with Crippen LogP contribution < -0.4 is 9.62 Å². The van der Waals surface area contributed by atoms with E-state index in [4.69, 9.17) is 4.74 Å². The molecule has 0 spiro atoms. The Kier molecular flexibility index (Phi) is 8.71. The molecule has 0 bridgehead atoms. The van der Waals surface area contributed by atoms with Crippen LogP contribution >= 0.6 is 0 Å². The van der Waals surface area contributed by atoms with E-state index in [-0.39, 0.29) is 36.1 Å².